The molecule has 0 spiro atoms. The van der Waals surface area contributed by atoms with E-state index in [0.29, 0.717) is 5.75 Å². The van der Waals surface area contributed by atoms with Gasteiger partial charge in [0.15, 0.2) is 0 Å². The SMILES string of the molecule is C=C(C)c1cc(C)cc(O)c1. The van der Waals surface area contributed by atoms with E-state index in [0.717, 1.165) is 16.7 Å². The quantitative estimate of drug-likeness (QED) is 0.649. The van der Waals surface area contributed by atoms with Crippen LogP contribution in [-0.4, -0.2) is 5.11 Å². The van der Waals surface area contributed by atoms with Gasteiger partial charge < -0.3 is 5.11 Å². The molecule has 0 unspecified atom stereocenters. The summed E-state index contributed by atoms with van der Waals surface area (Å²) >= 11 is 0. The van der Waals surface area contributed by atoms with Crippen LogP contribution >= 0.6 is 0 Å². The van der Waals surface area contributed by atoms with Gasteiger partial charge in [0.1, 0.15) is 5.75 Å². The fourth-order valence-corrected chi connectivity index (χ4v) is 1.01. The van der Waals surface area contributed by atoms with Gasteiger partial charge in [-0.3, -0.25) is 0 Å². The van der Waals surface area contributed by atoms with Gasteiger partial charge in [0, 0.05) is 0 Å². The Hall–Kier alpha value is -1.24. The van der Waals surface area contributed by atoms with E-state index in [1.54, 1.807) is 12.1 Å². The van der Waals surface area contributed by atoms with Crippen LogP contribution in [0.3, 0.4) is 0 Å². The van der Waals surface area contributed by atoms with Crippen molar-refractivity contribution in [2.45, 2.75) is 13.8 Å². The number of hydrogen-bond acceptors (Lipinski definition) is 1. The summed E-state index contributed by atoms with van der Waals surface area (Å²) in [4.78, 5) is 0. The van der Waals surface area contributed by atoms with Crippen molar-refractivity contribution >= 4 is 5.57 Å². The first-order valence-corrected chi connectivity index (χ1v) is 3.56. The van der Waals surface area contributed by atoms with E-state index in [-0.39, 0.29) is 0 Å². The Kier molecular flexibility index (Phi) is 1.99. The van der Waals surface area contributed by atoms with E-state index in [1.807, 2.05) is 19.9 Å². The van der Waals surface area contributed by atoms with Gasteiger partial charge in [0.05, 0.1) is 0 Å². The van der Waals surface area contributed by atoms with E-state index in [1.165, 1.54) is 0 Å². The maximum Gasteiger partial charge on any atom is 0.116 e. The molecule has 0 saturated heterocycles. The summed E-state index contributed by atoms with van der Waals surface area (Å²) in [7, 11) is 0. The van der Waals surface area contributed by atoms with Crippen molar-refractivity contribution in [3.8, 4) is 5.75 Å². The van der Waals surface area contributed by atoms with Gasteiger partial charge in [-0.2, -0.15) is 0 Å². The Morgan fingerprint density at radius 1 is 1.36 bits per heavy atom. The van der Waals surface area contributed by atoms with Gasteiger partial charge in [-0.25, -0.2) is 0 Å². The summed E-state index contributed by atoms with van der Waals surface area (Å²) in [6.45, 7) is 7.67. The predicted octanol–water partition coefficient (Wildman–Crippen LogP) is 2.73. The molecule has 0 bridgehead atoms. The number of benzene rings is 1. The number of phenols is 1. The molecule has 0 saturated carbocycles. The van der Waals surface area contributed by atoms with Crippen LogP contribution in [0.4, 0.5) is 0 Å². The molecule has 0 amide bonds. The molecular formula is C10H12O. The summed E-state index contributed by atoms with van der Waals surface area (Å²) in [5, 5.41) is 9.20. The topological polar surface area (TPSA) is 20.2 Å². The summed E-state index contributed by atoms with van der Waals surface area (Å²) in [5.41, 5.74) is 3.04. The van der Waals surface area contributed by atoms with Crippen LogP contribution in [0.2, 0.25) is 0 Å². The molecule has 0 aliphatic rings. The zero-order valence-electron chi connectivity index (χ0n) is 6.89. The fourth-order valence-electron chi connectivity index (χ4n) is 1.01. The second kappa shape index (κ2) is 2.79. The molecule has 0 fully saturated rings. The van der Waals surface area contributed by atoms with Crippen molar-refractivity contribution in [3.05, 3.63) is 35.9 Å². The van der Waals surface area contributed by atoms with Gasteiger partial charge in [0.25, 0.3) is 0 Å². The Morgan fingerprint density at radius 3 is 2.45 bits per heavy atom. The minimum Gasteiger partial charge on any atom is -0.508 e. The first-order valence-electron chi connectivity index (χ1n) is 3.56. The second-order valence-electron chi connectivity index (χ2n) is 2.84. The zero-order valence-corrected chi connectivity index (χ0v) is 6.89. The van der Waals surface area contributed by atoms with E-state index < -0.39 is 0 Å². The number of hydrogen-bond donors (Lipinski definition) is 1. The highest BCUT2D eigenvalue weighted by molar-refractivity contribution is 5.63. The molecule has 1 aromatic rings. The van der Waals surface area contributed by atoms with Crippen LogP contribution in [0, 0.1) is 6.92 Å². The van der Waals surface area contributed by atoms with Gasteiger partial charge >= 0.3 is 0 Å². The van der Waals surface area contributed by atoms with E-state index in [9.17, 15) is 5.11 Å². The molecule has 0 heterocycles. The lowest BCUT2D eigenvalue weighted by molar-refractivity contribution is 0.474. The number of phenolic OH excluding ortho intramolecular Hbond substituents is 1. The lowest BCUT2D eigenvalue weighted by Crippen LogP contribution is -1.79. The van der Waals surface area contributed by atoms with Crippen molar-refractivity contribution in [2.75, 3.05) is 0 Å². The lowest BCUT2D eigenvalue weighted by atomic mass is 10.1. The zero-order chi connectivity index (χ0) is 8.43. The van der Waals surface area contributed by atoms with Crippen molar-refractivity contribution in [2.24, 2.45) is 0 Å². The maximum atomic E-state index is 9.20. The van der Waals surface area contributed by atoms with Crippen LogP contribution in [-0.2, 0) is 0 Å². The van der Waals surface area contributed by atoms with Gasteiger partial charge in [-0.15, -0.1) is 0 Å². The third kappa shape index (κ3) is 1.84. The summed E-state index contributed by atoms with van der Waals surface area (Å²) < 4.78 is 0. The van der Waals surface area contributed by atoms with Gasteiger partial charge in [-0.1, -0.05) is 18.2 Å². The minimum absolute atomic E-state index is 0.308. The molecule has 58 valence electrons. The number of allylic oxidation sites excluding steroid dienone is 1. The Labute approximate surface area is 67.0 Å². The van der Waals surface area contributed by atoms with Crippen molar-refractivity contribution in [3.63, 3.8) is 0 Å². The van der Waals surface area contributed by atoms with Crippen molar-refractivity contribution < 1.29 is 5.11 Å². The number of rotatable bonds is 1. The van der Waals surface area contributed by atoms with E-state index in [2.05, 4.69) is 6.58 Å². The third-order valence-corrected chi connectivity index (χ3v) is 1.55. The van der Waals surface area contributed by atoms with Crippen LogP contribution in [0.1, 0.15) is 18.1 Å². The molecule has 1 N–H and O–H groups in total. The molecule has 1 heteroatoms. The van der Waals surface area contributed by atoms with Crippen LogP contribution in [0.15, 0.2) is 24.8 Å². The second-order valence-corrected chi connectivity index (χ2v) is 2.84. The Bertz CT molecular complexity index is 267. The number of aryl methyl sites for hydroxylation is 1. The Balaban J connectivity index is 3.19. The molecular weight excluding hydrogens is 136 g/mol. The summed E-state index contributed by atoms with van der Waals surface area (Å²) in [6.07, 6.45) is 0. The number of aromatic hydroxyl groups is 1. The normalized spacial score (nSPS) is 9.64. The van der Waals surface area contributed by atoms with E-state index >= 15 is 0 Å². The van der Waals surface area contributed by atoms with Crippen molar-refractivity contribution in [1.82, 2.24) is 0 Å². The predicted molar refractivity (Wildman–Crippen MR) is 47.6 cm³/mol. The average Bonchev–Trinajstić information content (AvgIpc) is 1.85. The van der Waals surface area contributed by atoms with E-state index in [4.69, 9.17) is 0 Å². The highest BCUT2D eigenvalue weighted by Crippen LogP contribution is 2.19. The molecule has 11 heavy (non-hydrogen) atoms. The molecule has 1 nitrogen and oxygen atoms in total. The molecule has 0 aliphatic heterocycles. The maximum absolute atomic E-state index is 9.20. The summed E-state index contributed by atoms with van der Waals surface area (Å²) in [5.74, 6) is 0.308. The van der Waals surface area contributed by atoms with Gasteiger partial charge in [0.2, 0.25) is 0 Å². The highest BCUT2D eigenvalue weighted by Gasteiger charge is 1.96. The van der Waals surface area contributed by atoms with Gasteiger partial charge in [-0.05, 0) is 37.1 Å². The third-order valence-electron chi connectivity index (χ3n) is 1.55. The summed E-state index contributed by atoms with van der Waals surface area (Å²) in [6, 6.07) is 5.45. The molecule has 1 rings (SSSR count). The smallest absolute Gasteiger partial charge is 0.116 e. The standard InChI is InChI=1S/C10H12O/c1-7(2)9-4-8(3)5-10(11)6-9/h4-6,11H,1H2,2-3H3. The van der Waals surface area contributed by atoms with Crippen LogP contribution in [0.25, 0.3) is 5.57 Å². The molecule has 0 aliphatic carbocycles. The monoisotopic (exact) mass is 148 g/mol. The molecule has 0 radical (unpaired) electrons. The Morgan fingerprint density at radius 2 is 2.00 bits per heavy atom. The first-order chi connectivity index (χ1) is 5.09. The molecule has 0 atom stereocenters. The largest absolute Gasteiger partial charge is 0.508 e. The first kappa shape index (κ1) is 7.86. The van der Waals surface area contributed by atoms with Crippen molar-refractivity contribution in [1.29, 1.82) is 0 Å². The highest BCUT2D eigenvalue weighted by atomic mass is 16.3. The minimum atomic E-state index is 0.308. The van der Waals surface area contributed by atoms with Crippen LogP contribution in [0.5, 0.6) is 5.75 Å². The average molecular weight is 148 g/mol. The molecule has 0 aromatic heterocycles. The molecule has 1 aromatic carbocycles. The fraction of sp³-hybridized carbons (Fsp3) is 0.200. The lowest BCUT2D eigenvalue weighted by Gasteiger charge is -2.01. The van der Waals surface area contributed by atoms with Crippen LogP contribution < -0.4 is 0 Å².